The molecule has 1 aromatic carbocycles. The lowest BCUT2D eigenvalue weighted by atomic mass is 9.70. The van der Waals surface area contributed by atoms with Gasteiger partial charge in [-0.1, -0.05) is 76.1 Å². The van der Waals surface area contributed by atoms with Crippen molar-refractivity contribution in [1.29, 1.82) is 0 Å². The summed E-state index contributed by atoms with van der Waals surface area (Å²) in [7, 11) is 0. The number of nitrogens with zero attached hydrogens (tertiary/aromatic N) is 2. The summed E-state index contributed by atoms with van der Waals surface area (Å²) >= 11 is 0. The van der Waals surface area contributed by atoms with Crippen LogP contribution in [0.4, 0.5) is 0 Å². The molecule has 50 heavy (non-hydrogen) atoms. The highest BCUT2D eigenvalue weighted by Crippen LogP contribution is 2.59. The van der Waals surface area contributed by atoms with Crippen LogP contribution >= 0.6 is 0 Å². The van der Waals surface area contributed by atoms with Gasteiger partial charge in [-0.05, 0) is 63.4 Å². The number of hydrogen-bond acceptors (Lipinski definition) is 7. The number of benzene rings is 1. The number of fused-ring (bicyclic) bond motifs is 1. The Bertz CT molecular complexity index is 1370. The molecule has 2 bridgehead atoms. The second-order valence-corrected chi connectivity index (χ2v) is 16.0. The predicted molar refractivity (Wildman–Crippen MR) is 193 cm³/mol. The van der Waals surface area contributed by atoms with Crippen molar-refractivity contribution in [2.24, 2.45) is 17.3 Å². The number of hydrogen-bond donors (Lipinski definition) is 2. The highest BCUT2D eigenvalue weighted by atomic mass is 16.6. The van der Waals surface area contributed by atoms with Crippen molar-refractivity contribution in [3.05, 3.63) is 61.2 Å². The van der Waals surface area contributed by atoms with Gasteiger partial charge in [-0.15, -0.1) is 13.2 Å². The first-order valence-electron chi connectivity index (χ1n) is 18.4. The largest absolute Gasteiger partial charge is 0.455 e. The average molecular weight is 694 g/mol. The monoisotopic (exact) mass is 693 g/mol. The van der Waals surface area contributed by atoms with Crippen molar-refractivity contribution in [3.63, 3.8) is 0 Å². The smallest absolute Gasteiger partial charge is 0.313 e. The first-order valence-corrected chi connectivity index (χ1v) is 18.4. The Hall–Kier alpha value is -3.50. The Balaban J connectivity index is 1.66. The summed E-state index contributed by atoms with van der Waals surface area (Å²) in [6, 6.07) is 8.34. The minimum Gasteiger partial charge on any atom is -0.455 e. The van der Waals surface area contributed by atoms with E-state index in [1.165, 1.54) is 0 Å². The summed E-state index contributed by atoms with van der Waals surface area (Å²) in [5.41, 5.74) is -1.06. The van der Waals surface area contributed by atoms with Gasteiger partial charge in [0.1, 0.15) is 17.7 Å². The molecule has 3 aliphatic heterocycles. The van der Waals surface area contributed by atoms with Crippen LogP contribution in [0.3, 0.4) is 0 Å². The molecule has 2 N–H and O–H groups in total. The Kier molecular flexibility index (Phi) is 13.1. The molecule has 0 saturated carbocycles. The van der Waals surface area contributed by atoms with Crippen LogP contribution in [0.15, 0.2) is 55.6 Å². The molecule has 0 unspecified atom stereocenters. The van der Waals surface area contributed by atoms with Crippen molar-refractivity contribution < 1.29 is 33.8 Å². The second-order valence-electron chi connectivity index (χ2n) is 16.0. The van der Waals surface area contributed by atoms with Crippen LogP contribution in [-0.4, -0.2) is 88.1 Å². The maximum atomic E-state index is 15.0. The lowest BCUT2D eigenvalue weighted by Crippen LogP contribution is -2.61. The van der Waals surface area contributed by atoms with E-state index in [0.29, 0.717) is 45.2 Å². The zero-order valence-electron chi connectivity index (χ0n) is 30.8. The average Bonchev–Trinajstić information content (AvgIpc) is 3.70. The van der Waals surface area contributed by atoms with Gasteiger partial charge in [0.25, 0.3) is 0 Å². The standard InChI is InChI=1S/C40H59N3O7/c1-8-10-20-31(45)41-26-30(28-18-14-13-15-19-28)49-37(48)32-29-21-22-40(50-29)33(32)35(46)42(24-16-11-12-17-25-44)34(40)36(47)43(23-9-2)39(6,7)27-38(3,4)5/h8-9,13-15,18-19,29-30,32-34,44H,1-2,10-12,16-17,20-27H2,3-7H3,(H,41,45)/t29-,30+,32+,33+,34-,40+/m0/s1. The van der Waals surface area contributed by atoms with Crippen LogP contribution in [-0.2, 0) is 28.7 Å². The van der Waals surface area contributed by atoms with Gasteiger partial charge in [0.15, 0.2) is 0 Å². The zero-order chi connectivity index (χ0) is 36.7. The van der Waals surface area contributed by atoms with E-state index in [9.17, 15) is 24.3 Å². The molecule has 3 fully saturated rings. The number of aliphatic hydroxyl groups is 1. The maximum Gasteiger partial charge on any atom is 0.313 e. The van der Waals surface area contributed by atoms with E-state index in [2.05, 4.69) is 53.1 Å². The molecular weight excluding hydrogens is 634 g/mol. The second kappa shape index (κ2) is 16.7. The minimum absolute atomic E-state index is 0.0699. The minimum atomic E-state index is -1.16. The number of unbranched alkanes of at least 4 members (excludes halogenated alkanes) is 3. The summed E-state index contributed by atoms with van der Waals surface area (Å²) in [4.78, 5) is 59.8. The van der Waals surface area contributed by atoms with E-state index in [4.69, 9.17) is 9.47 Å². The number of likely N-dealkylation sites (tertiary alicyclic amines) is 1. The molecular formula is C40H59N3O7. The number of allylic oxidation sites excluding steroid dienone is 1. The van der Waals surface area contributed by atoms with Gasteiger partial charge in [0, 0.05) is 31.7 Å². The van der Waals surface area contributed by atoms with Crippen molar-refractivity contribution in [1.82, 2.24) is 15.1 Å². The number of ether oxygens (including phenoxy) is 2. The predicted octanol–water partition coefficient (Wildman–Crippen LogP) is 5.51. The van der Waals surface area contributed by atoms with Gasteiger partial charge in [0.05, 0.1) is 24.5 Å². The number of esters is 1. The maximum absolute atomic E-state index is 15.0. The van der Waals surface area contributed by atoms with Crippen LogP contribution in [0, 0.1) is 17.3 Å². The summed E-state index contributed by atoms with van der Waals surface area (Å²) in [5.74, 6) is -2.93. The van der Waals surface area contributed by atoms with Gasteiger partial charge < -0.3 is 29.7 Å². The number of carbonyl (C=O) groups is 4. The van der Waals surface area contributed by atoms with Crippen molar-refractivity contribution >= 4 is 23.7 Å². The highest BCUT2D eigenvalue weighted by molar-refractivity contribution is 5.98. The van der Waals surface area contributed by atoms with Crippen LogP contribution in [0.2, 0.25) is 0 Å². The topological polar surface area (TPSA) is 125 Å². The lowest BCUT2D eigenvalue weighted by molar-refractivity contribution is -0.160. The van der Waals surface area contributed by atoms with Crippen LogP contribution in [0.25, 0.3) is 0 Å². The fourth-order valence-corrected chi connectivity index (χ4v) is 8.64. The first kappa shape index (κ1) is 39.3. The lowest BCUT2D eigenvalue weighted by Gasteiger charge is -2.45. The summed E-state index contributed by atoms with van der Waals surface area (Å²) in [6.45, 7) is 19.0. The molecule has 10 heteroatoms. The van der Waals surface area contributed by atoms with E-state index in [-0.39, 0.29) is 42.7 Å². The Morgan fingerprint density at radius 1 is 1.10 bits per heavy atom. The molecule has 4 rings (SSSR count). The zero-order valence-corrected chi connectivity index (χ0v) is 30.8. The Morgan fingerprint density at radius 2 is 1.80 bits per heavy atom. The molecule has 0 aromatic heterocycles. The van der Waals surface area contributed by atoms with Crippen molar-refractivity contribution in [2.75, 3.05) is 26.2 Å². The first-order chi connectivity index (χ1) is 23.7. The SMILES string of the molecule is C=CCCC(=O)NC[C@@H](OC(=O)[C@@H]1[C@@H]2CC[C@]3(O2)[C@H](C(=O)N(CC=C)C(C)(C)CC(C)(C)C)N(CCCCCCO)C(=O)[C@@H]13)c1ccccc1. The van der Waals surface area contributed by atoms with Crippen molar-refractivity contribution in [3.8, 4) is 0 Å². The normalized spacial score (nSPS) is 24.8. The fourth-order valence-electron chi connectivity index (χ4n) is 8.64. The molecule has 276 valence electrons. The molecule has 1 aromatic rings. The van der Waals surface area contributed by atoms with Gasteiger partial charge in [0.2, 0.25) is 17.7 Å². The number of nitrogens with one attached hydrogen (secondary N) is 1. The van der Waals surface area contributed by atoms with Gasteiger partial charge in [-0.25, -0.2) is 0 Å². The number of amides is 3. The van der Waals surface area contributed by atoms with E-state index in [1.54, 1.807) is 17.1 Å². The van der Waals surface area contributed by atoms with Gasteiger partial charge in [-0.3, -0.25) is 19.2 Å². The van der Waals surface area contributed by atoms with Gasteiger partial charge >= 0.3 is 5.97 Å². The fraction of sp³-hybridized carbons (Fsp3) is 0.650. The summed E-state index contributed by atoms with van der Waals surface area (Å²) < 4.78 is 12.9. The highest BCUT2D eigenvalue weighted by Gasteiger charge is 2.75. The quantitative estimate of drug-likeness (QED) is 0.111. The molecule has 3 amide bonds. The molecule has 6 atom stereocenters. The van der Waals surface area contributed by atoms with Crippen molar-refractivity contribution in [2.45, 2.75) is 122 Å². The molecule has 3 heterocycles. The van der Waals surface area contributed by atoms with Crippen LogP contribution < -0.4 is 5.32 Å². The number of rotatable bonds is 19. The molecule has 1 spiro atoms. The third-order valence-corrected chi connectivity index (χ3v) is 10.4. The number of aliphatic hydroxyl groups excluding tert-OH is 1. The van der Waals surface area contributed by atoms with E-state index < -0.39 is 47.2 Å². The third kappa shape index (κ3) is 8.68. The molecule has 3 aliphatic rings. The van der Waals surface area contributed by atoms with Crippen LogP contribution in [0.1, 0.15) is 104 Å². The number of carbonyl (C=O) groups excluding carboxylic acids is 4. The molecule has 10 nitrogen and oxygen atoms in total. The molecule has 0 radical (unpaired) electrons. The van der Waals surface area contributed by atoms with Crippen LogP contribution in [0.5, 0.6) is 0 Å². The van der Waals surface area contributed by atoms with E-state index in [1.807, 2.05) is 35.2 Å². The van der Waals surface area contributed by atoms with Gasteiger partial charge in [-0.2, -0.15) is 0 Å². The molecule has 3 saturated heterocycles. The van der Waals surface area contributed by atoms with E-state index in [0.717, 1.165) is 24.8 Å². The summed E-state index contributed by atoms with van der Waals surface area (Å²) in [6.07, 6.45) is 7.54. The molecule has 0 aliphatic carbocycles. The van der Waals surface area contributed by atoms with E-state index >= 15 is 0 Å². The Morgan fingerprint density at radius 3 is 2.44 bits per heavy atom. The third-order valence-electron chi connectivity index (χ3n) is 10.4. The summed E-state index contributed by atoms with van der Waals surface area (Å²) in [5, 5.41) is 12.2. The Labute approximate surface area is 298 Å².